The van der Waals surface area contributed by atoms with Gasteiger partial charge in [0.2, 0.25) is 15.9 Å². The summed E-state index contributed by atoms with van der Waals surface area (Å²) in [5.41, 5.74) is 0.579. The van der Waals surface area contributed by atoms with Gasteiger partial charge in [0.1, 0.15) is 4.90 Å². The van der Waals surface area contributed by atoms with Crippen molar-refractivity contribution in [3.05, 3.63) is 56.1 Å². The van der Waals surface area contributed by atoms with Gasteiger partial charge in [-0.1, -0.05) is 23.2 Å². The predicted molar refractivity (Wildman–Crippen MR) is 99.4 cm³/mol. The van der Waals surface area contributed by atoms with Gasteiger partial charge >= 0.3 is 0 Å². The Morgan fingerprint density at radius 3 is 2.39 bits per heavy atom. The first-order valence-corrected chi connectivity index (χ1v) is 9.60. The largest absolute Gasteiger partial charge is 0.325 e. The van der Waals surface area contributed by atoms with E-state index in [1.807, 2.05) is 12.1 Å². The number of halogens is 3. The fraction of sp³-hybridized carbons (Fsp3) is 0.0714. The number of nitrogens with one attached hydrogen (secondary N) is 2. The molecule has 23 heavy (non-hydrogen) atoms. The van der Waals surface area contributed by atoms with Gasteiger partial charge in [0.15, 0.2) is 0 Å². The van der Waals surface area contributed by atoms with Crippen molar-refractivity contribution in [2.75, 3.05) is 11.9 Å². The molecule has 0 aliphatic rings. The summed E-state index contributed by atoms with van der Waals surface area (Å²) in [6.07, 6.45) is 0. The van der Waals surface area contributed by atoms with Crippen molar-refractivity contribution in [1.29, 1.82) is 0 Å². The number of carbonyl (C=O) groups is 1. The van der Waals surface area contributed by atoms with Gasteiger partial charge < -0.3 is 5.32 Å². The van der Waals surface area contributed by atoms with Crippen LogP contribution in [-0.2, 0) is 14.8 Å². The van der Waals surface area contributed by atoms with Crippen molar-refractivity contribution in [3.8, 4) is 0 Å². The van der Waals surface area contributed by atoms with Gasteiger partial charge in [-0.15, -0.1) is 0 Å². The van der Waals surface area contributed by atoms with Crippen LogP contribution in [0.25, 0.3) is 0 Å². The number of amides is 1. The zero-order chi connectivity index (χ0) is 17.0. The number of rotatable bonds is 5. The first-order chi connectivity index (χ1) is 10.8. The van der Waals surface area contributed by atoms with Crippen LogP contribution in [0.2, 0.25) is 10.0 Å². The molecular weight excluding hydrogens is 474 g/mol. The molecule has 0 atom stereocenters. The van der Waals surface area contributed by atoms with Gasteiger partial charge in [0.05, 0.1) is 11.6 Å². The minimum atomic E-state index is -3.94. The smallest absolute Gasteiger partial charge is 0.242 e. The molecule has 122 valence electrons. The Labute approximate surface area is 157 Å². The Kier molecular flexibility index (Phi) is 6.26. The van der Waals surface area contributed by atoms with Crippen LogP contribution < -0.4 is 10.0 Å². The normalized spacial score (nSPS) is 11.3. The average molecular weight is 485 g/mol. The minimum absolute atomic E-state index is 0.0277. The third kappa shape index (κ3) is 5.32. The lowest BCUT2D eigenvalue weighted by atomic mass is 10.3. The molecule has 2 rings (SSSR count). The van der Waals surface area contributed by atoms with E-state index < -0.39 is 22.5 Å². The highest BCUT2D eigenvalue weighted by molar-refractivity contribution is 14.1. The summed E-state index contributed by atoms with van der Waals surface area (Å²) in [7, 11) is -3.94. The Bertz CT molecular complexity index is 826. The highest BCUT2D eigenvalue weighted by Gasteiger charge is 2.19. The van der Waals surface area contributed by atoms with Gasteiger partial charge in [-0.3, -0.25) is 4.79 Å². The molecule has 2 aromatic carbocycles. The fourth-order valence-electron chi connectivity index (χ4n) is 1.66. The summed E-state index contributed by atoms with van der Waals surface area (Å²) < 4.78 is 27.6. The van der Waals surface area contributed by atoms with E-state index in [9.17, 15) is 13.2 Å². The number of hydrogen-bond donors (Lipinski definition) is 2. The number of hydrogen-bond acceptors (Lipinski definition) is 3. The van der Waals surface area contributed by atoms with Crippen molar-refractivity contribution < 1.29 is 13.2 Å². The molecule has 0 fully saturated rings. The zero-order valence-corrected chi connectivity index (χ0v) is 16.0. The summed E-state index contributed by atoms with van der Waals surface area (Å²) in [4.78, 5) is 11.7. The Balaban J connectivity index is 2.02. The molecule has 0 bridgehead atoms. The molecule has 5 nitrogen and oxygen atoms in total. The molecule has 0 heterocycles. The average Bonchev–Trinajstić information content (AvgIpc) is 2.50. The highest BCUT2D eigenvalue weighted by Crippen LogP contribution is 2.24. The monoisotopic (exact) mass is 484 g/mol. The van der Waals surface area contributed by atoms with Crippen LogP contribution in [0.15, 0.2) is 47.4 Å². The van der Waals surface area contributed by atoms with Crippen LogP contribution in [0.3, 0.4) is 0 Å². The maximum atomic E-state index is 12.2. The molecule has 0 aromatic heterocycles. The summed E-state index contributed by atoms with van der Waals surface area (Å²) in [5, 5.41) is 2.85. The maximum absolute atomic E-state index is 12.2. The predicted octanol–water partition coefficient (Wildman–Crippen LogP) is 3.52. The molecule has 0 saturated carbocycles. The number of sulfonamides is 1. The lowest BCUT2D eigenvalue weighted by molar-refractivity contribution is -0.115. The van der Waals surface area contributed by atoms with E-state index in [0.29, 0.717) is 5.69 Å². The second-order valence-corrected chi connectivity index (χ2v) is 8.28. The molecule has 0 aliphatic heterocycles. The SMILES string of the molecule is O=C(CNS(=O)(=O)c1cc(Cl)ccc1Cl)Nc1ccc(I)cc1. The second-order valence-electron chi connectivity index (χ2n) is 4.45. The molecule has 0 saturated heterocycles. The van der Waals surface area contributed by atoms with Crippen LogP contribution >= 0.6 is 45.8 Å². The van der Waals surface area contributed by atoms with Gasteiger partial charge in [-0.2, -0.15) is 0 Å². The van der Waals surface area contributed by atoms with Gasteiger partial charge in [-0.25, -0.2) is 13.1 Å². The highest BCUT2D eigenvalue weighted by atomic mass is 127. The lowest BCUT2D eigenvalue weighted by Gasteiger charge is -2.09. The van der Waals surface area contributed by atoms with E-state index in [4.69, 9.17) is 23.2 Å². The van der Waals surface area contributed by atoms with Crippen molar-refractivity contribution in [1.82, 2.24) is 4.72 Å². The standard InChI is InChI=1S/C14H11Cl2IN2O3S/c15-9-1-6-12(16)13(7-9)23(21,22)18-8-14(20)19-11-4-2-10(17)3-5-11/h1-7,18H,8H2,(H,19,20). The lowest BCUT2D eigenvalue weighted by Crippen LogP contribution is -2.33. The zero-order valence-electron chi connectivity index (χ0n) is 11.5. The Morgan fingerprint density at radius 2 is 1.74 bits per heavy atom. The molecule has 0 unspecified atom stereocenters. The van der Waals surface area contributed by atoms with E-state index in [1.165, 1.54) is 18.2 Å². The Morgan fingerprint density at radius 1 is 1.09 bits per heavy atom. The third-order valence-electron chi connectivity index (χ3n) is 2.73. The van der Waals surface area contributed by atoms with E-state index in [2.05, 4.69) is 32.6 Å². The molecule has 2 N–H and O–H groups in total. The van der Waals surface area contributed by atoms with E-state index in [1.54, 1.807) is 12.1 Å². The molecule has 0 radical (unpaired) electrons. The van der Waals surface area contributed by atoms with Crippen LogP contribution in [0, 0.1) is 3.57 Å². The van der Waals surface area contributed by atoms with Crippen molar-refractivity contribution in [2.45, 2.75) is 4.90 Å². The Hall–Kier alpha value is -0.870. The van der Waals surface area contributed by atoms with E-state index >= 15 is 0 Å². The molecule has 1 amide bonds. The van der Waals surface area contributed by atoms with Crippen LogP contribution in [0.1, 0.15) is 0 Å². The summed E-state index contributed by atoms with van der Waals surface area (Å²) >= 11 is 13.8. The third-order valence-corrected chi connectivity index (χ3v) is 5.57. The maximum Gasteiger partial charge on any atom is 0.242 e. The number of anilines is 1. The first-order valence-electron chi connectivity index (χ1n) is 6.28. The minimum Gasteiger partial charge on any atom is -0.325 e. The number of benzene rings is 2. The summed E-state index contributed by atoms with van der Waals surface area (Å²) in [5.74, 6) is -0.493. The van der Waals surface area contributed by atoms with E-state index in [-0.39, 0.29) is 14.9 Å². The number of carbonyl (C=O) groups excluding carboxylic acids is 1. The molecule has 0 spiro atoms. The van der Waals surface area contributed by atoms with Gasteiger partial charge in [0.25, 0.3) is 0 Å². The first kappa shape index (κ1) is 18.5. The summed E-state index contributed by atoms with van der Waals surface area (Å²) in [6, 6.07) is 11.2. The van der Waals surface area contributed by atoms with Crippen molar-refractivity contribution in [3.63, 3.8) is 0 Å². The van der Waals surface area contributed by atoms with Gasteiger partial charge in [-0.05, 0) is 65.1 Å². The molecule has 0 aliphatic carbocycles. The van der Waals surface area contributed by atoms with Crippen LogP contribution in [0.4, 0.5) is 5.69 Å². The fourth-order valence-corrected chi connectivity index (χ4v) is 3.76. The molecule has 9 heteroatoms. The molecular formula is C14H11Cl2IN2O3S. The van der Waals surface area contributed by atoms with Crippen molar-refractivity contribution >= 4 is 67.4 Å². The van der Waals surface area contributed by atoms with E-state index in [0.717, 1.165) is 3.57 Å². The quantitative estimate of drug-likeness (QED) is 0.637. The van der Waals surface area contributed by atoms with Crippen LogP contribution in [-0.4, -0.2) is 20.9 Å². The van der Waals surface area contributed by atoms with Crippen LogP contribution in [0.5, 0.6) is 0 Å². The second kappa shape index (κ2) is 7.80. The topological polar surface area (TPSA) is 75.3 Å². The molecule has 2 aromatic rings. The van der Waals surface area contributed by atoms with Crippen molar-refractivity contribution in [2.24, 2.45) is 0 Å². The summed E-state index contributed by atoms with van der Waals surface area (Å²) in [6.45, 7) is -0.419. The van der Waals surface area contributed by atoms with Gasteiger partial charge in [0, 0.05) is 14.3 Å².